The number of esters is 4. The van der Waals surface area contributed by atoms with Crippen LogP contribution in [0.5, 0.6) is 11.5 Å². The van der Waals surface area contributed by atoms with Crippen molar-refractivity contribution in [2.24, 2.45) is 5.11 Å². The molecular weight excluding hydrogens is 792 g/mol. The summed E-state index contributed by atoms with van der Waals surface area (Å²) in [6.07, 6.45) is -13.5. The van der Waals surface area contributed by atoms with Gasteiger partial charge in [0.05, 0.1) is 23.8 Å². The number of amides is 2. The van der Waals surface area contributed by atoms with Crippen LogP contribution in [0.2, 0.25) is 0 Å². The Hall–Kier alpha value is -6.57. The predicted octanol–water partition coefficient (Wildman–Crippen LogP) is 2.90. The summed E-state index contributed by atoms with van der Waals surface area (Å²) in [6.45, 7) is 1.94. The summed E-state index contributed by atoms with van der Waals surface area (Å²) in [5.41, 5.74) is 9.94. The van der Waals surface area contributed by atoms with Crippen molar-refractivity contribution in [3.05, 3.63) is 106 Å². The highest BCUT2D eigenvalue weighted by Crippen LogP contribution is 2.38. The van der Waals surface area contributed by atoms with Crippen LogP contribution in [0.1, 0.15) is 51.8 Å². The third kappa shape index (κ3) is 9.48. The number of rotatable bonds is 14. The maximum absolute atomic E-state index is 14.1. The van der Waals surface area contributed by atoms with Crippen molar-refractivity contribution in [3.8, 4) is 11.5 Å². The smallest absolute Gasteiger partial charge is 0.338 e. The lowest BCUT2D eigenvalue weighted by atomic mass is 9.93. The first-order valence-electron chi connectivity index (χ1n) is 18.5. The van der Waals surface area contributed by atoms with Gasteiger partial charge in [0.15, 0.2) is 18.5 Å². The summed E-state index contributed by atoms with van der Waals surface area (Å²) in [5, 5.41) is 15.8. The minimum Gasteiger partial charge on any atom is -0.497 e. The number of hydrogen-bond acceptors (Lipinski definition) is 17. The van der Waals surface area contributed by atoms with E-state index in [1.54, 1.807) is 30.3 Å². The highest BCUT2D eigenvalue weighted by molar-refractivity contribution is 6.21. The van der Waals surface area contributed by atoms with Crippen LogP contribution in [-0.2, 0) is 47.5 Å². The van der Waals surface area contributed by atoms with Gasteiger partial charge < -0.3 is 47.7 Å². The Kier molecular flexibility index (Phi) is 13.6. The molecule has 10 atom stereocenters. The van der Waals surface area contributed by atoms with Crippen molar-refractivity contribution >= 4 is 35.7 Å². The van der Waals surface area contributed by atoms with Crippen LogP contribution in [0.25, 0.3) is 10.4 Å². The van der Waals surface area contributed by atoms with E-state index in [0.717, 1.165) is 20.8 Å². The second-order valence-corrected chi connectivity index (χ2v) is 13.6. The Morgan fingerprint density at radius 3 is 1.88 bits per heavy atom. The summed E-state index contributed by atoms with van der Waals surface area (Å²) in [7, 11) is 1.46. The molecule has 6 rings (SSSR count). The van der Waals surface area contributed by atoms with E-state index in [-0.39, 0.29) is 22.4 Å². The average molecular weight is 833 g/mol. The number of ether oxygens (including phenoxy) is 9. The summed E-state index contributed by atoms with van der Waals surface area (Å²) < 4.78 is 52.2. The van der Waals surface area contributed by atoms with Crippen LogP contribution in [-0.4, -0.2) is 127 Å². The molecule has 3 aromatic carbocycles. The van der Waals surface area contributed by atoms with Gasteiger partial charge in [0.25, 0.3) is 11.8 Å². The van der Waals surface area contributed by atoms with Crippen LogP contribution in [0.3, 0.4) is 0 Å². The minimum atomic E-state index is -1.94. The number of nitrogens with zero attached hydrogens (tertiary/aromatic N) is 4. The average Bonchev–Trinajstić information content (AvgIpc) is 3.48. The fourth-order valence-corrected chi connectivity index (χ4v) is 6.98. The number of azide groups is 1. The molecule has 3 aromatic rings. The number of fused-ring (bicyclic) bond motifs is 1. The van der Waals surface area contributed by atoms with Gasteiger partial charge in [-0.05, 0) is 54.1 Å². The quantitative estimate of drug-likeness (QED) is 0.0612. The number of carbonyl (C=O) groups is 6. The number of imide groups is 1. The van der Waals surface area contributed by atoms with Crippen molar-refractivity contribution < 1.29 is 76.5 Å². The van der Waals surface area contributed by atoms with Crippen LogP contribution < -0.4 is 9.47 Å². The van der Waals surface area contributed by atoms with Gasteiger partial charge in [-0.1, -0.05) is 35.4 Å². The van der Waals surface area contributed by atoms with E-state index in [1.807, 2.05) is 0 Å². The molecule has 0 aliphatic carbocycles. The lowest BCUT2D eigenvalue weighted by Gasteiger charge is -2.49. The molecule has 316 valence electrons. The number of carbonyl (C=O) groups excluding carboxylic acids is 6. The third-order valence-electron chi connectivity index (χ3n) is 9.61. The van der Waals surface area contributed by atoms with Crippen molar-refractivity contribution in [1.82, 2.24) is 4.90 Å². The maximum atomic E-state index is 14.1. The molecule has 20 heteroatoms. The van der Waals surface area contributed by atoms with Gasteiger partial charge in [0, 0.05) is 25.7 Å². The fraction of sp³-hybridized carbons (Fsp3) is 0.400. The molecule has 0 saturated carbocycles. The molecule has 0 aromatic heterocycles. The Balaban J connectivity index is 1.44. The zero-order valence-electron chi connectivity index (χ0n) is 32.6. The fourth-order valence-electron chi connectivity index (χ4n) is 6.98. The van der Waals surface area contributed by atoms with Crippen LogP contribution in [0, 0.1) is 0 Å². The maximum Gasteiger partial charge on any atom is 0.338 e. The molecule has 60 heavy (non-hydrogen) atoms. The van der Waals surface area contributed by atoms with Gasteiger partial charge in [0.1, 0.15) is 61.2 Å². The number of aliphatic hydroxyl groups is 1. The molecule has 0 spiro atoms. The molecule has 2 saturated heterocycles. The molecule has 2 fully saturated rings. The number of hydrogen-bond donors (Lipinski definition) is 1. The van der Waals surface area contributed by atoms with Gasteiger partial charge in [-0.25, -0.2) is 4.79 Å². The molecule has 1 N–H and O–H groups in total. The first kappa shape index (κ1) is 43.0. The lowest BCUT2D eigenvalue weighted by Crippen LogP contribution is -2.69. The Labute approximate surface area is 341 Å². The first-order chi connectivity index (χ1) is 28.8. The highest BCUT2D eigenvalue weighted by Gasteiger charge is 2.59. The number of benzene rings is 3. The summed E-state index contributed by atoms with van der Waals surface area (Å²) in [6, 6.07) is 16.6. The molecule has 20 nitrogen and oxygen atoms in total. The van der Waals surface area contributed by atoms with E-state index in [9.17, 15) is 39.4 Å². The number of methoxy groups -OCH3 is 1. The van der Waals surface area contributed by atoms with E-state index >= 15 is 0 Å². The van der Waals surface area contributed by atoms with Crippen molar-refractivity contribution in [1.29, 1.82) is 0 Å². The molecule has 0 unspecified atom stereocenters. The van der Waals surface area contributed by atoms with Crippen LogP contribution in [0.4, 0.5) is 0 Å². The lowest BCUT2D eigenvalue weighted by molar-refractivity contribution is -0.325. The van der Waals surface area contributed by atoms with Gasteiger partial charge in [-0.15, -0.1) is 0 Å². The van der Waals surface area contributed by atoms with E-state index in [4.69, 9.17) is 42.6 Å². The van der Waals surface area contributed by atoms with Crippen molar-refractivity contribution in [2.45, 2.75) is 82.1 Å². The summed E-state index contributed by atoms with van der Waals surface area (Å²) in [5.74, 6) is -4.50. The molecule has 3 aliphatic rings. The van der Waals surface area contributed by atoms with Crippen molar-refractivity contribution in [2.75, 3.05) is 20.3 Å². The molecule has 0 bridgehead atoms. The second-order valence-electron chi connectivity index (χ2n) is 13.6. The zero-order chi connectivity index (χ0) is 43.1. The van der Waals surface area contributed by atoms with Crippen molar-refractivity contribution in [3.63, 3.8) is 0 Å². The summed E-state index contributed by atoms with van der Waals surface area (Å²) >= 11 is 0. The monoisotopic (exact) mass is 832 g/mol. The van der Waals surface area contributed by atoms with E-state index in [1.165, 1.54) is 55.6 Å². The SMILES string of the molecule is COc1ccc(O[C@H]2O[C@H](COC(=O)c3ccccc3)[C@@H](O)[C@H](O[C@@H]3O[C@H](COC(C)=O)[C@H](OC(C)=O)[C@H](OC(C)=O)[C@H]3N3C(=O)c4ccccc4C3=O)[C@H]2N=[N+]=[N-])cc1. The molecule has 2 amide bonds. The van der Waals surface area contributed by atoms with Crippen LogP contribution in [0.15, 0.2) is 84.0 Å². The highest BCUT2D eigenvalue weighted by atomic mass is 16.7. The van der Waals surface area contributed by atoms with E-state index < -0.39 is 110 Å². The van der Waals surface area contributed by atoms with Gasteiger partial charge >= 0.3 is 23.9 Å². The standard InChI is InChI=1S/C40H40N4O16/c1-20(45)53-19-29-33(55-21(2)46)35(56-22(3)47)31(44-36(49)26-12-8-9-13-27(26)37(44)50)40(59-29)60-34-30(42-43-41)39(57-25-16-14-24(52-4)15-17-25)58-28(32(34)48)18-54-38(51)23-10-6-5-7-11-23/h5-17,28-35,39-40,48H,18-19H2,1-4H3/t28-,29-,30-,31-,32-,33+,34-,35-,39+,40+/m1/s1. The van der Waals surface area contributed by atoms with Gasteiger partial charge in [0.2, 0.25) is 6.29 Å². The Morgan fingerprint density at radius 1 is 0.733 bits per heavy atom. The van der Waals surface area contributed by atoms with Gasteiger partial charge in [-0.3, -0.25) is 28.9 Å². The largest absolute Gasteiger partial charge is 0.497 e. The molecule has 0 radical (unpaired) electrons. The molecular formula is C40H40N4O16. The predicted molar refractivity (Wildman–Crippen MR) is 200 cm³/mol. The molecule has 3 aliphatic heterocycles. The van der Waals surface area contributed by atoms with Crippen LogP contribution >= 0.6 is 0 Å². The first-order valence-corrected chi connectivity index (χ1v) is 18.5. The molecule has 3 heterocycles. The Morgan fingerprint density at radius 2 is 1.30 bits per heavy atom. The number of aliphatic hydroxyl groups excluding tert-OH is 1. The second kappa shape index (κ2) is 19.0. The zero-order valence-corrected chi connectivity index (χ0v) is 32.6. The van der Waals surface area contributed by atoms with Gasteiger partial charge in [-0.2, -0.15) is 0 Å². The normalized spacial score (nSPS) is 27.1. The Bertz CT molecular complexity index is 2100. The summed E-state index contributed by atoms with van der Waals surface area (Å²) in [4.78, 5) is 82.2. The minimum absolute atomic E-state index is 0.0276. The van der Waals surface area contributed by atoms with E-state index in [0.29, 0.717) is 10.6 Å². The third-order valence-corrected chi connectivity index (χ3v) is 9.61. The topological polar surface area (TPSA) is 258 Å². The van der Waals surface area contributed by atoms with E-state index in [2.05, 4.69) is 10.0 Å².